The smallest absolute Gasteiger partial charge is 0.185 e. The van der Waals surface area contributed by atoms with E-state index in [1.165, 1.54) is 275 Å². The van der Waals surface area contributed by atoms with Crippen molar-refractivity contribution in [1.29, 1.82) is 0 Å². The summed E-state index contributed by atoms with van der Waals surface area (Å²) < 4.78 is 5.94. The Morgan fingerprint density at radius 3 is 0.811 bits per heavy atom. The lowest BCUT2D eigenvalue weighted by molar-refractivity contribution is 0.109. The van der Waals surface area contributed by atoms with Crippen LogP contribution < -0.4 is 0 Å². The number of hydrogen-bond donors (Lipinski definition) is 0. The minimum absolute atomic E-state index is 0.530. The molecule has 312 valence electrons. The van der Waals surface area contributed by atoms with E-state index < -0.39 is 0 Å². The summed E-state index contributed by atoms with van der Waals surface area (Å²) in [7, 11) is 0. The number of carbonyl (C=O) groups is 1. The largest absolute Gasteiger partial charge is 0.458 e. The lowest BCUT2D eigenvalue weighted by Gasteiger charge is -2.05. The van der Waals surface area contributed by atoms with Crippen LogP contribution in [0.15, 0.2) is 10.5 Å². The van der Waals surface area contributed by atoms with Crippen LogP contribution in [-0.4, -0.2) is 6.29 Å². The fourth-order valence-corrected chi connectivity index (χ4v) is 8.44. The minimum Gasteiger partial charge on any atom is -0.458 e. The number of carbonyl (C=O) groups excluding carboxylic acids is 1. The van der Waals surface area contributed by atoms with Crippen LogP contribution >= 0.6 is 0 Å². The van der Waals surface area contributed by atoms with Gasteiger partial charge in [-0.15, -0.1) is 0 Å². The molecule has 1 rings (SSSR count). The standard InChI is InChI=1S/C51H96O2/c1-3-5-7-9-11-13-15-17-19-21-23-25-27-29-31-33-35-37-39-41-43-45-49-47-50(48-52)53-51(49)46-44-42-40-38-36-34-32-30-28-26-24-22-20-18-16-14-12-10-8-6-4-2/h47-48H,3-46H2,1-2H3. The van der Waals surface area contributed by atoms with E-state index in [2.05, 4.69) is 13.8 Å². The highest BCUT2D eigenvalue weighted by atomic mass is 16.3. The van der Waals surface area contributed by atoms with Gasteiger partial charge in [0.2, 0.25) is 0 Å². The van der Waals surface area contributed by atoms with E-state index in [4.69, 9.17) is 4.42 Å². The van der Waals surface area contributed by atoms with Crippen molar-refractivity contribution < 1.29 is 9.21 Å². The third-order valence-electron chi connectivity index (χ3n) is 12.1. The Labute approximate surface area is 334 Å². The van der Waals surface area contributed by atoms with E-state index in [1.54, 1.807) is 0 Å². The maximum Gasteiger partial charge on any atom is 0.185 e. The molecule has 53 heavy (non-hydrogen) atoms. The Kier molecular flexibility index (Phi) is 39.7. The number of aldehydes is 1. The Morgan fingerprint density at radius 1 is 0.340 bits per heavy atom. The summed E-state index contributed by atoms with van der Waals surface area (Å²) in [6.45, 7) is 4.61. The predicted octanol–water partition coefficient (Wildman–Crippen LogP) is 18.6. The molecule has 2 heteroatoms. The van der Waals surface area contributed by atoms with Gasteiger partial charge in [0.05, 0.1) is 0 Å². The topological polar surface area (TPSA) is 30.2 Å². The molecule has 1 heterocycles. The van der Waals surface area contributed by atoms with E-state index in [9.17, 15) is 4.79 Å². The molecule has 0 N–H and O–H groups in total. The fraction of sp³-hybridized carbons (Fsp3) is 0.902. The van der Waals surface area contributed by atoms with Crippen molar-refractivity contribution in [2.24, 2.45) is 0 Å². The van der Waals surface area contributed by atoms with Gasteiger partial charge in [-0.05, 0) is 30.9 Å². The second kappa shape index (κ2) is 42.1. The average molecular weight is 741 g/mol. The summed E-state index contributed by atoms with van der Waals surface area (Å²) in [5.74, 6) is 1.63. The van der Waals surface area contributed by atoms with Crippen LogP contribution in [0.2, 0.25) is 0 Å². The summed E-state index contributed by atoms with van der Waals surface area (Å²) in [6.07, 6.45) is 62.6. The van der Waals surface area contributed by atoms with Gasteiger partial charge < -0.3 is 4.42 Å². The maximum atomic E-state index is 11.4. The van der Waals surface area contributed by atoms with Crippen LogP contribution in [0.1, 0.15) is 305 Å². The van der Waals surface area contributed by atoms with Gasteiger partial charge in [0, 0.05) is 6.42 Å². The first-order valence-electron chi connectivity index (χ1n) is 24.9. The van der Waals surface area contributed by atoms with Crippen LogP contribution in [-0.2, 0) is 12.8 Å². The second-order valence-corrected chi connectivity index (χ2v) is 17.4. The van der Waals surface area contributed by atoms with Crippen LogP contribution in [0.3, 0.4) is 0 Å². The van der Waals surface area contributed by atoms with E-state index >= 15 is 0 Å². The highest BCUT2D eigenvalue weighted by Gasteiger charge is 2.10. The van der Waals surface area contributed by atoms with E-state index in [0.717, 1.165) is 24.9 Å². The van der Waals surface area contributed by atoms with Gasteiger partial charge in [0.25, 0.3) is 0 Å². The van der Waals surface area contributed by atoms with Crippen molar-refractivity contribution >= 4 is 6.29 Å². The zero-order valence-electron chi connectivity index (χ0n) is 36.6. The highest BCUT2D eigenvalue weighted by molar-refractivity contribution is 5.71. The van der Waals surface area contributed by atoms with Crippen LogP contribution in [0.5, 0.6) is 0 Å². The lowest BCUT2D eigenvalue weighted by atomic mass is 10.0. The Hall–Kier alpha value is -1.05. The van der Waals surface area contributed by atoms with Gasteiger partial charge >= 0.3 is 0 Å². The summed E-state index contributed by atoms with van der Waals surface area (Å²) in [4.78, 5) is 11.4. The number of furan rings is 1. The SMILES string of the molecule is CCCCCCCCCCCCCCCCCCCCCCCc1cc(C=O)oc1CCCCCCCCCCCCCCCCCCCCCCC. The summed E-state index contributed by atoms with van der Waals surface area (Å²) in [5, 5.41) is 0. The van der Waals surface area contributed by atoms with Crippen molar-refractivity contribution in [2.45, 2.75) is 296 Å². The molecule has 0 aromatic carbocycles. The molecule has 0 saturated carbocycles. The van der Waals surface area contributed by atoms with E-state index in [-0.39, 0.29) is 0 Å². The molecule has 0 bridgehead atoms. The molecule has 1 aromatic rings. The molecular weight excluding hydrogens is 645 g/mol. The van der Waals surface area contributed by atoms with Gasteiger partial charge in [-0.3, -0.25) is 4.79 Å². The third kappa shape index (κ3) is 35.1. The monoisotopic (exact) mass is 741 g/mol. The Morgan fingerprint density at radius 2 is 0.566 bits per heavy atom. The normalized spacial score (nSPS) is 11.6. The van der Waals surface area contributed by atoms with Crippen LogP contribution in [0.4, 0.5) is 0 Å². The fourth-order valence-electron chi connectivity index (χ4n) is 8.44. The number of aryl methyl sites for hydroxylation is 2. The first-order valence-corrected chi connectivity index (χ1v) is 24.9. The molecule has 2 nitrogen and oxygen atoms in total. The lowest BCUT2D eigenvalue weighted by Crippen LogP contribution is -1.92. The molecule has 0 atom stereocenters. The maximum absolute atomic E-state index is 11.4. The first kappa shape index (κ1) is 50.0. The molecular formula is C51H96O2. The molecule has 0 aliphatic heterocycles. The van der Waals surface area contributed by atoms with E-state index in [1.807, 2.05) is 6.07 Å². The summed E-state index contributed by atoms with van der Waals surface area (Å²) >= 11 is 0. The average Bonchev–Trinajstić information content (AvgIpc) is 3.57. The summed E-state index contributed by atoms with van der Waals surface area (Å²) in [6, 6.07) is 2.02. The van der Waals surface area contributed by atoms with Gasteiger partial charge in [-0.25, -0.2) is 0 Å². The van der Waals surface area contributed by atoms with Crippen molar-refractivity contribution in [1.82, 2.24) is 0 Å². The van der Waals surface area contributed by atoms with Gasteiger partial charge in [-0.2, -0.15) is 0 Å². The molecule has 0 aliphatic carbocycles. The molecule has 0 spiro atoms. The van der Waals surface area contributed by atoms with Gasteiger partial charge in [-0.1, -0.05) is 271 Å². The molecule has 0 saturated heterocycles. The minimum atomic E-state index is 0.530. The van der Waals surface area contributed by atoms with Crippen molar-refractivity contribution in [3.8, 4) is 0 Å². The zero-order valence-corrected chi connectivity index (χ0v) is 36.6. The van der Waals surface area contributed by atoms with Crippen LogP contribution in [0, 0.1) is 0 Å². The second-order valence-electron chi connectivity index (χ2n) is 17.4. The molecule has 0 fully saturated rings. The van der Waals surface area contributed by atoms with Gasteiger partial charge in [0.15, 0.2) is 12.0 Å². The van der Waals surface area contributed by atoms with Crippen molar-refractivity contribution in [2.75, 3.05) is 0 Å². The Bertz CT molecular complexity index is 776. The first-order chi connectivity index (χ1) is 26.3. The zero-order chi connectivity index (χ0) is 38.0. The molecule has 0 unspecified atom stereocenters. The van der Waals surface area contributed by atoms with Crippen molar-refractivity contribution in [3.63, 3.8) is 0 Å². The number of rotatable bonds is 45. The predicted molar refractivity (Wildman–Crippen MR) is 237 cm³/mol. The molecule has 0 aliphatic rings. The van der Waals surface area contributed by atoms with Gasteiger partial charge in [0.1, 0.15) is 5.76 Å². The summed E-state index contributed by atoms with van der Waals surface area (Å²) in [5.41, 5.74) is 1.30. The highest BCUT2D eigenvalue weighted by Crippen LogP contribution is 2.22. The molecule has 0 radical (unpaired) electrons. The quantitative estimate of drug-likeness (QED) is 0.0492. The number of unbranched alkanes of at least 4 members (excludes halogenated alkanes) is 40. The molecule has 0 amide bonds. The Balaban J connectivity index is 1.87. The van der Waals surface area contributed by atoms with E-state index in [0.29, 0.717) is 5.76 Å². The third-order valence-corrected chi connectivity index (χ3v) is 12.1. The van der Waals surface area contributed by atoms with Crippen molar-refractivity contribution in [3.05, 3.63) is 23.2 Å². The molecule has 1 aromatic heterocycles. The van der Waals surface area contributed by atoms with Crippen LogP contribution in [0.25, 0.3) is 0 Å². The number of hydrogen-bond acceptors (Lipinski definition) is 2.